The number of aliphatic hydroxyl groups excluding tert-OH is 1. The number of carbonyl (C=O) groups excluding carboxylic acids is 1. The lowest BCUT2D eigenvalue weighted by atomic mass is 10.0. The minimum absolute atomic E-state index is 0.148. The number of nitriles is 1. The molecule has 6 heteroatoms. The molecule has 0 atom stereocenters. The molecule has 39 heavy (non-hydrogen) atoms. The Labute approximate surface area is 232 Å². The third-order valence-electron chi connectivity index (χ3n) is 6.82. The maximum atomic E-state index is 11.3. The third kappa shape index (κ3) is 9.92. The van der Waals surface area contributed by atoms with Gasteiger partial charge < -0.3 is 19.3 Å². The van der Waals surface area contributed by atoms with Crippen LogP contribution in [0.2, 0.25) is 0 Å². The van der Waals surface area contributed by atoms with E-state index in [-0.39, 0.29) is 12.6 Å². The van der Waals surface area contributed by atoms with Crippen LogP contribution in [0, 0.1) is 11.3 Å². The first-order valence-corrected chi connectivity index (χ1v) is 14.1. The van der Waals surface area contributed by atoms with Crippen LogP contribution in [0.3, 0.4) is 0 Å². The van der Waals surface area contributed by atoms with E-state index in [2.05, 4.69) is 18.7 Å². The Balaban J connectivity index is 1.33. The van der Waals surface area contributed by atoms with Crippen LogP contribution in [0.4, 0.5) is 0 Å². The minimum atomic E-state index is -0.300. The molecule has 0 aromatic heterocycles. The summed E-state index contributed by atoms with van der Waals surface area (Å²) in [5, 5.41) is 19.7. The number of hydrogen-bond donors (Lipinski definition) is 1. The first-order valence-electron chi connectivity index (χ1n) is 14.1. The number of benzene rings is 2. The summed E-state index contributed by atoms with van der Waals surface area (Å²) in [7, 11) is 0. The van der Waals surface area contributed by atoms with Crippen LogP contribution in [0.15, 0.2) is 48.6 Å². The molecule has 3 rings (SSSR count). The molecule has 0 saturated carbocycles. The molecule has 0 spiro atoms. The van der Waals surface area contributed by atoms with Gasteiger partial charge in [-0.3, -0.25) is 0 Å². The fraction of sp³-hybridized carbons (Fsp3) is 0.455. The molecule has 0 saturated heterocycles. The van der Waals surface area contributed by atoms with Crippen LogP contribution < -0.4 is 9.47 Å². The number of unbranched alkanes of at least 4 members (excludes halogenated alkanes) is 8. The molecule has 0 aliphatic carbocycles. The Morgan fingerprint density at radius 2 is 1.72 bits per heavy atom. The highest BCUT2D eigenvalue weighted by Gasteiger charge is 2.13. The van der Waals surface area contributed by atoms with Crippen molar-refractivity contribution in [2.24, 2.45) is 0 Å². The van der Waals surface area contributed by atoms with Crippen molar-refractivity contribution < 1.29 is 24.1 Å². The second-order valence-corrected chi connectivity index (χ2v) is 10.1. The molecule has 2 aromatic carbocycles. The van der Waals surface area contributed by atoms with Gasteiger partial charge in [0, 0.05) is 17.6 Å². The second-order valence-electron chi connectivity index (χ2n) is 10.1. The average molecular weight is 532 g/mol. The molecule has 1 heterocycles. The predicted molar refractivity (Wildman–Crippen MR) is 154 cm³/mol. The van der Waals surface area contributed by atoms with E-state index in [1.54, 1.807) is 6.92 Å². The number of rotatable bonds is 17. The smallest absolute Gasteiger partial charge is 0.333 e. The lowest BCUT2D eigenvalue weighted by molar-refractivity contribution is -0.139. The highest BCUT2D eigenvalue weighted by atomic mass is 16.5. The third-order valence-corrected chi connectivity index (χ3v) is 6.82. The summed E-state index contributed by atoms with van der Waals surface area (Å²) >= 11 is 0. The van der Waals surface area contributed by atoms with E-state index >= 15 is 0 Å². The number of aliphatic hydroxyl groups is 1. The van der Waals surface area contributed by atoms with Crippen LogP contribution in [-0.2, 0) is 22.6 Å². The van der Waals surface area contributed by atoms with Crippen LogP contribution in [-0.4, -0.2) is 30.9 Å². The van der Waals surface area contributed by atoms with Gasteiger partial charge in [-0.1, -0.05) is 63.7 Å². The van der Waals surface area contributed by atoms with E-state index in [0.717, 1.165) is 55.4 Å². The standard InChI is InChI=1S/C33H41NO5/c1-25(2)33(36)39-18-11-9-7-5-3-4-6-8-10-17-37-31-15-14-28(22-30(31)24-35)29(23-34)20-26-12-13-27-16-19-38-32(27)21-26/h12-15,20-22,35H,1,3-11,16-19,24H2,2H3. The highest BCUT2D eigenvalue weighted by molar-refractivity contribution is 5.90. The van der Waals surface area contributed by atoms with E-state index in [1.807, 2.05) is 36.4 Å². The largest absolute Gasteiger partial charge is 0.493 e. The zero-order valence-electron chi connectivity index (χ0n) is 23.2. The second kappa shape index (κ2) is 16.4. The van der Waals surface area contributed by atoms with Crippen LogP contribution >= 0.6 is 0 Å². The number of allylic oxidation sites excluding steroid dienone is 1. The Morgan fingerprint density at radius 1 is 1.03 bits per heavy atom. The van der Waals surface area contributed by atoms with Crippen molar-refractivity contribution in [2.75, 3.05) is 19.8 Å². The van der Waals surface area contributed by atoms with Crippen molar-refractivity contribution in [3.8, 4) is 17.6 Å². The zero-order chi connectivity index (χ0) is 27.9. The van der Waals surface area contributed by atoms with E-state index in [1.165, 1.54) is 31.2 Å². The summed E-state index contributed by atoms with van der Waals surface area (Å²) in [4.78, 5) is 11.3. The van der Waals surface area contributed by atoms with Gasteiger partial charge in [-0.25, -0.2) is 4.79 Å². The first-order chi connectivity index (χ1) is 19.0. The molecule has 0 radical (unpaired) electrons. The molecule has 1 aliphatic heterocycles. The number of hydrogen-bond acceptors (Lipinski definition) is 6. The molecule has 0 unspecified atom stereocenters. The average Bonchev–Trinajstić information content (AvgIpc) is 3.42. The lowest BCUT2D eigenvalue weighted by Crippen LogP contribution is -2.05. The summed E-state index contributed by atoms with van der Waals surface area (Å²) in [6.07, 6.45) is 12.8. The summed E-state index contributed by atoms with van der Waals surface area (Å²) in [6, 6.07) is 13.9. The van der Waals surface area contributed by atoms with Gasteiger partial charge >= 0.3 is 5.97 Å². The van der Waals surface area contributed by atoms with Crippen molar-refractivity contribution in [3.05, 3.63) is 70.8 Å². The molecule has 6 nitrogen and oxygen atoms in total. The summed E-state index contributed by atoms with van der Waals surface area (Å²) in [5.41, 5.74) is 4.53. The molecular formula is C33H41NO5. The summed E-state index contributed by atoms with van der Waals surface area (Å²) in [6.45, 7) is 6.88. The maximum absolute atomic E-state index is 11.3. The minimum Gasteiger partial charge on any atom is -0.493 e. The fourth-order valence-corrected chi connectivity index (χ4v) is 4.54. The van der Waals surface area contributed by atoms with Crippen molar-refractivity contribution in [1.29, 1.82) is 5.26 Å². The number of esters is 1. The Bertz CT molecular complexity index is 1180. The van der Waals surface area contributed by atoms with Crippen molar-refractivity contribution in [3.63, 3.8) is 0 Å². The SMILES string of the molecule is C=C(C)C(=O)OCCCCCCCCCCCOc1ccc(C(C#N)=Cc2ccc3c(c2)OCC3)cc1CO. The fourth-order valence-electron chi connectivity index (χ4n) is 4.54. The van der Waals surface area contributed by atoms with Crippen molar-refractivity contribution in [2.45, 2.75) is 77.7 Å². The highest BCUT2D eigenvalue weighted by Crippen LogP contribution is 2.29. The lowest BCUT2D eigenvalue weighted by Gasteiger charge is -2.12. The summed E-state index contributed by atoms with van der Waals surface area (Å²) < 4.78 is 16.7. The van der Waals surface area contributed by atoms with Gasteiger partial charge in [0.15, 0.2) is 0 Å². The van der Waals surface area contributed by atoms with Crippen LogP contribution in [0.25, 0.3) is 11.6 Å². The van der Waals surface area contributed by atoms with Gasteiger partial charge in [0.25, 0.3) is 0 Å². The van der Waals surface area contributed by atoms with E-state index in [9.17, 15) is 15.2 Å². The monoisotopic (exact) mass is 531 g/mol. The Morgan fingerprint density at radius 3 is 2.38 bits per heavy atom. The Kier molecular flexibility index (Phi) is 12.6. The molecule has 0 fully saturated rings. The Hall–Kier alpha value is -3.56. The molecule has 0 amide bonds. The molecule has 208 valence electrons. The first kappa shape index (κ1) is 30.0. The van der Waals surface area contributed by atoms with Gasteiger partial charge in [-0.2, -0.15) is 5.26 Å². The number of nitrogens with zero attached hydrogens (tertiary/aromatic N) is 1. The van der Waals surface area contributed by atoms with Gasteiger partial charge in [-0.15, -0.1) is 0 Å². The number of fused-ring (bicyclic) bond motifs is 1. The van der Waals surface area contributed by atoms with Gasteiger partial charge in [0.2, 0.25) is 0 Å². The van der Waals surface area contributed by atoms with Crippen molar-refractivity contribution in [1.82, 2.24) is 0 Å². The molecular weight excluding hydrogens is 490 g/mol. The number of carbonyl (C=O) groups is 1. The molecule has 1 N–H and O–H groups in total. The normalized spacial score (nSPS) is 12.4. The number of ether oxygens (including phenoxy) is 3. The van der Waals surface area contributed by atoms with Crippen LogP contribution in [0.1, 0.15) is 87.0 Å². The van der Waals surface area contributed by atoms with E-state index in [4.69, 9.17) is 14.2 Å². The van der Waals surface area contributed by atoms with Gasteiger partial charge in [0.05, 0.1) is 38.1 Å². The maximum Gasteiger partial charge on any atom is 0.333 e. The summed E-state index contributed by atoms with van der Waals surface area (Å²) in [5.74, 6) is 1.25. The quantitative estimate of drug-likeness (QED) is 0.0764. The van der Waals surface area contributed by atoms with Crippen LogP contribution in [0.5, 0.6) is 11.5 Å². The molecule has 2 aromatic rings. The topological polar surface area (TPSA) is 88.8 Å². The molecule has 0 bridgehead atoms. The molecule has 1 aliphatic rings. The van der Waals surface area contributed by atoms with Gasteiger partial charge in [0.1, 0.15) is 11.5 Å². The van der Waals surface area contributed by atoms with E-state index in [0.29, 0.717) is 42.3 Å². The van der Waals surface area contributed by atoms with Gasteiger partial charge in [-0.05, 0) is 66.8 Å². The predicted octanol–water partition coefficient (Wildman–Crippen LogP) is 7.19. The zero-order valence-corrected chi connectivity index (χ0v) is 23.2. The van der Waals surface area contributed by atoms with Crippen molar-refractivity contribution >= 4 is 17.6 Å². The van der Waals surface area contributed by atoms with E-state index < -0.39 is 0 Å².